The van der Waals surface area contributed by atoms with Gasteiger partial charge in [-0.3, -0.25) is 0 Å². The number of carbonyl (C=O) groups is 1. The third kappa shape index (κ3) is 5.43. The summed E-state index contributed by atoms with van der Waals surface area (Å²) >= 11 is 0. The van der Waals surface area contributed by atoms with Gasteiger partial charge in [-0.1, -0.05) is 25.5 Å². The molecule has 1 aliphatic carbocycles. The molecule has 1 aromatic carbocycles. The number of nitrogens with zero attached hydrogens (tertiary/aromatic N) is 1. The van der Waals surface area contributed by atoms with Gasteiger partial charge in [-0.15, -0.1) is 0 Å². The van der Waals surface area contributed by atoms with E-state index in [1.54, 1.807) is 4.90 Å². The van der Waals surface area contributed by atoms with E-state index in [1.807, 2.05) is 24.3 Å². The molecule has 0 heterocycles. The highest BCUT2D eigenvalue weighted by Gasteiger charge is 2.19. The summed E-state index contributed by atoms with van der Waals surface area (Å²) in [5, 5.41) is 12.1. The number of para-hydroxylation sites is 2. The normalized spacial score (nSPS) is 14.7. The lowest BCUT2D eigenvalue weighted by Crippen LogP contribution is -2.37. The fraction of sp³-hybridized carbons (Fsp3) is 0.611. The Kier molecular flexibility index (Phi) is 7.20. The maximum atomic E-state index is 12.4. The van der Waals surface area contributed by atoms with E-state index in [0.29, 0.717) is 18.8 Å². The number of nitrogens with one attached hydrogen (secondary N) is 1. The second-order valence-electron chi connectivity index (χ2n) is 6.01. The molecule has 0 aromatic heterocycles. The van der Waals surface area contributed by atoms with Crippen molar-refractivity contribution in [2.24, 2.45) is 0 Å². The number of amides is 2. The van der Waals surface area contributed by atoms with E-state index in [1.165, 1.54) is 12.8 Å². The third-order valence-electron chi connectivity index (χ3n) is 4.16. The van der Waals surface area contributed by atoms with Crippen molar-refractivity contribution in [2.45, 2.75) is 51.6 Å². The van der Waals surface area contributed by atoms with Crippen LogP contribution < -0.4 is 10.1 Å². The second kappa shape index (κ2) is 9.40. The highest BCUT2D eigenvalue weighted by atomic mass is 16.5. The van der Waals surface area contributed by atoms with Crippen molar-refractivity contribution >= 4 is 11.7 Å². The summed E-state index contributed by atoms with van der Waals surface area (Å²) in [6.45, 7) is 3.04. The van der Waals surface area contributed by atoms with Crippen LogP contribution in [0.5, 0.6) is 5.75 Å². The molecule has 1 aromatic rings. The molecule has 0 unspecified atom stereocenters. The Hall–Kier alpha value is -1.75. The summed E-state index contributed by atoms with van der Waals surface area (Å²) in [6, 6.07) is 7.38. The average molecular weight is 320 g/mol. The van der Waals surface area contributed by atoms with Crippen LogP contribution in [-0.2, 0) is 0 Å². The molecule has 0 aliphatic heterocycles. The van der Waals surface area contributed by atoms with E-state index in [9.17, 15) is 4.79 Å². The maximum absolute atomic E-state index is 12.4. The zero-order valence-corrected chi connectivity index (χ0v) is 14.0. The van der Waals surface area contributed by atoms with Crippen molar-refractivity contribution in [2.75, 3.05) is 25.0 Å². The zero-order chi connectivity index (χ0) is 16.5. The van der Waals surface area contributed by atoms with E-state index in [4.69, 9.17) is 9.84 Å². The number of hydrogen-bond acceptors (Lipinski definition) is 3. The van der Waals surface area contributed by atoms with Gasteiger partial charge in [-0.05, 0) is 44.2 Å². The van der Waals surface area contributed by atoms with Crippen molar-refractivity contribution in [3.05, 3.63) is 24.3 Å². The van der Waals surface area contributed by atoms with Crippen LogP contribution in [0, 0.1) is 0 Å². The summed E-state index contributed by atoms with van der Waals surface area (Å²) in [6.07, 6.45) is 6.76. The molecule has 2 N–H and O–H groups in total. The molecular weight excluding hydrogens is 292 g/mol. The smallest absolute Gasteiger partial charge is 0.322 e. The molecule has 23 heavy (non-hydrogen) atoms. The number of hydrogen-bond donors (Lipinski definition) is 2. The van der Waals surface area contributed by atoms with Crippen LogP contribution in [0.3, 0.4) is 0 Å². The zero-order valence-electron chi connectivity index (χ0n) is 14.0. The van der Waals surface area contributed by atoms with Gasteiger partial charge < -0.3 is 20.1 Å². The van der Waals surface area contributed by atoms with Crippen molar-refractivity contribution in [1.82, 2.24) is 4.90 Å². The summed E-state index contributed by atoms with van der Waals surface area (Å²) in [5.74, 6) is 0.729. The lowest BCUT2D eigenvalue weighted by Gasteiger charge is -2.23. The van der Waals surface area contributed by atoms with Gasteiger partial charge in [0, 0.05) is 13.1 Å². The number of ether oxygens (including phenoxy) is 1. The summed E-state index contributed by atoms with van der Waals surface area (Å²) in [7, 11) is 0. The number of aliphatic hydroxyl groups excluding tert-OH is 1. The topological polar surface area (TPSA) is 61.8 Å². The maximum Gasteiger partial charge on any atom is 0.322 e. The van der Waals surface area contributed by atoms with Crippen molar-refractivity contribution in [3.63, 3.8) is 0 Å². The van der Waals surface area contributed by atoms with Crippen LogP contribution in [-0.4, -0.2) is 41.8 Å². The number of anilines is 1. The predicted octanol–water partition coefficient (Wildman–Crippen LogP) is 3.63. The standard InChI is InChI=1S/C18H28N2O3/c1-2-3-12-20(13-14-21)18(22)19-16-10-6-7-11-17(16)23-15-8-4-5-9-15/h6-7,10-11,15,21H,2-5,8-9,12-14H2,1H3,(H,19,22). The molecule has 1 saturated carbocycles. The van der Waals surface area contributed by atoms with E-state index < -0.39 is 0 Å². The Labute approximate surface area is 138 Å². The van der Waals surface area contributed by atoms with E-state index >= 15 is 0 Å². The fourth-order valence-electron chi connectivity index (χ4n) is 2.84. The van der Waals surface area contributed by atoms with Crippen molar-refractivity contribution < 1.29 is 14.6 Å². The lowest BCUT2D eigenvalue weighted by molar-refractivity contribution is 0.187. The highest BCUT2D eigenvalue weighted by Crippen LogP contribution is 2.29. The van der Waals surface area contributed by atoms with Gasteiger partial charge in [-0.25, -0.2) is 4.79 Å². The molecule has 1 fully saturated rings. The number of carbonyl (C=O) groups excluding carboxylic acids is 1. The third-order valence-corrected chi connectivity index (χ3v) is 4.16. The second-order valence-corrected chi connectivity index (χ2v) is 6.01. The number of unbranched alkanes of at least 4 members (excludes halogenated alkanes) is 1. The molecule has 5 nitrogen and oxygen atoms in total. The molecule has 1 aliphatic rings. The Bertz CT molecular complexity index is 487. The SMILES string of the molecule is CCCCN(CCO)C(=O)Nc1ccccc1OC1CCCC1. The number of aliphatic hydroxyl groups is 1. The lowest BCUT2D eigenvalue weighted by atomic mass is 10.2. The first-order chi connectivity index (χ1) is 11.2. The monoisotopic (exact) mass is 320 g/mol. The van der Waals surface area contributed by atoms with Gasteiger partial charge in [0.25, 0.3) is 0 Å². The minimum absolute atomic E-state index is 0.0304. The summed E-state index contributed by atoms with van der Waals surface area (Å²) < 4.78 is 6.05. The molecule has 0 atom stereocenters. The summed E-state index contributed by atoms with van der Waals surface area (Å²) in [4.78, 5) is 14.1. The molecule has 2 rings (SSSR count). The number of rotatable bonds is 8. The predicted molar refractivity (Wildman–Crippen MR) is 91.9 cm³/mol. The minimum atomic E-state index is -0.185. The van der Waals surface area contributed by atoms with Crippen molar-refractivity contribution in [3.8, 4) is 5.75 Å². The molecule has 5 heteroatoms. The van der Waals surface area contributed by atoms with Crippen molar-refractivity contribution in [1.29, 1.82) is 0 Å². The van der Waals surface area contributed by atoms with Gasteiger partial charge in [-0.2, -0.15) is 0 Å². The highest BCUT2D eigenvalue weighted by molar-refractivity contribution is 5.91. The average Bonchev–Trinajstić information content (AvgIpc) is 3.06. The van der Waals surface area contributed by atoms with Gasteiger partial charge in [0.2, 0.25) is 0 Å². The molecule has 0 spiro atoms. The largest absolute Gasteiger partial charge is 0.488 e. The molecule has 128 valence electrons. The molecule has 0 saturated heterocycles. The van der Waals surface area contributed by atoms with E-state index in [-0.39, 0.29) is 18.7 Å². The van der Waals surface area contributed by atoms with Crippen LogP contribution in [0.25, 0.3) is 0 Å². The quantitative estimate of drug-likeness (QED) is 0.769. The van der Waals surface area contributed by atoms with Gasteiger partial charge in [0.15, 0.2) is 0 Å². The number of benzene rings is 1. The van der Waals surface area contributed by atoms with Crippen LogP contribution in [0.2, 0.25) is 0 Å². The molecule has 2 amide bonds. The first-order valence-corrected chi connectivity index (χ1v) is 8.67. The first-order valence-electron chi connectivity index (χ1n) is 8.67. The summed E-state index contributed by atoms with van der Waals surface area (Å²) in [5.41, 5.74) is 0.698. The molecule has 0 radical (unpaired) electrons. The fourth-order valence-corrected chi connectivity index (χ4v) is 2.84. The molecular formula is C18H28N2O3. The van der Waals surface area contributed by atoms with E-state index in [0.717, 1.165) is 31.4 Å². The van der Waals surface area contributed by atoms with Crippen LogP contribution >= 0.6 is 0 Å². The minimum Gasteiger partial charge on any atom is -0.488 e. The van der Waals surface area contributed by atoms with Crippen LogP contribution in [0.1, 0.15) is 45.4 Å². The van der Waals surface area contributed by atoms with Gasteiger partial charge >= 0.3 is 6.03 Å². The van der Waals surface area contributed by atoms with Crippen LogP contribution in [0.4, 0.5) is 10.5 Å². The molecule has 0 bridgehead atoms. The van der Waals surface area contributed by atoms with Crippen LogP contribution in [0.15, 0.2) is 24.3 Å². The first kappa shape index (κ1) is 17.6. The Morgan fingerprint density at radius 3 is 2.74 bits per heavy atom. The number of urea groups is 1. The van der Waals surface area contributed by atoms with Gasteiger partial charge in [0.05, 0.1) is 18.4 Å². The Morgan fingerprint density at radius 1 is 1.30 bits per heavy atom. The van der Waals surface area contributed by atoms with Gasteiger partial charge in [0.1, 0.15) is 5.75 Å². The van der Waals surface area contributed by atoms with E-state index in [2.05, 4.69) is 12.2 Å². The Morgan fingerprint density at radius 2 is 2.04 bits per heavy atom. The Balaban J connectivity index is 2.00.